The van der Waals surface area contributed by atoms with Gasteiger partial charge in [0.25, 0.3) is 0 Å². The highest BCUT2D eigenvalue weighted by atomic mass is 15.1. The molecule has 1 aliphatic carbocycles. The van der Waals surface area contributed by atoms with Gasteiger partial charge in [-0.25, -0.2) is 0 Å². The minimum absolute atomic E-state index is 0.0814. The molecule has 3 heteroatoms. The lowest BCUT2D eigenvalue weighted by Crippen LogP contribution is -2.24. The molecule has 0 bridgehead atoms. The number of hydrogen-bond donors (Lipinski definition) is 1. The first kappa shape index (κ1) is 12.2. The van der Waals surface area contributed by atoms with Gasteiger partial charge in [0.15, 0.2) is 0 Å². The van der Waals surface area contributed by atoms with Crippen LogP contribution in [0.4, 0.5) is 0 Å². The molecule has 98 valence electrons. The third kappa shape index (κ3) is 2.21. The fraction of sp³-hybridized carbons (Fsp3) is 0.375. The van der Waals surface area contributed by atoms with Crippen molar-refractivity contribution >= 4 is 5.71 Å². The first-order chi connectivity index (χ1) is 9.05. The van der Waals surface area contributed by atoms with Gasteiger partial charge in [0.2, 0.25) is 0 Å². The van der Waals surface area contributed by atoms with Crippen LogP contribution in [0.25, 0.3) is 0 Å². The topological polar surface area (TPSA) is 41.0 Å². The Morgan fingerprint density at radius 3 is 2.63 bits per heavy atom. The van der Waals surface area contributed by atoms with E-state index in [0.717, 1.165) is 17.1 Å². The summed E-state index contributed by atoms with van der Waals surface area (Å²) in [5.41, 5.74) is 3.24. The number of nitrogens with zero attached hydrogens (tertiary/aromatic N) is 2. The average molecular weight is 253 g/mol. The second kappa shape index (κ2) is 4.34. The van der Waals surface area contributed by atoms with E-state index in [-0.39, 0.29) is 5.41 Å². The van der Waals surface area contributed by atoms with E-state index < -0.39 is 0 Å². The van der Waals surface area contributed by atoms with Crippen molar-refractivity contribution in [3.63, 3.8) is 0 Å². The summed E-state index contributed by atoms with van der Waals surface area (Å²) in [6.45, 7) is 6.54. The number of nitrogens with one attached hydrogen (secondary N) is 1. The molecule has 0 fully saturated rings. The Morgan fingerprint density at radius 1 is 1.11 bits per heavy atom. The second-order valence-electron chi connectivity index (χ2n) is 6.15. The van der Waals surface area contributed by atoms with Crippen LogP contribution in [-0.4, -0.2) is 15.9 Å². The van der Waals surface area contributed by atoms with E-state index in [0.29, 0.717) is 11.8 Å². The highest BCUT2D eigenvalue weighted by Gasteiger charge is 2.27. The molecule has 1 aromatic rings. The molecule has 0 spiro atoms. The van der Waals surface area contributed by atoms with Crippen molar-refractivity contribution < 1.29 is 0 Å². The first-order valence-electron chi connectivity index (χ1n) is 6.71. The van der Waals surface area contributed by atoms with Crippen molar-refractivity contribution in [2.75, 3.05) is 0 Å². The molecule has 1 aliphatic heterocycles. The summed E-state index contributed by atoms with van der Waals surface area (Å²) in [5.74, 6) is 0.721. The molecule has 0 radical (unpaired) electrons. The summed E-state index contributed by atoms with van der Waals surface area (Å²) in [6, 6.07) is 2.13. The summed E-state index contributed by atoms with van der Waals surface area (Å²) < 4.78 is 0. The molecular formula is C16H19N3. The van der Waals surface area contributed by atoms with Gasteiger partial charge in [-0.2, -0.15) is 5.10 Å². The molecule has 2 aliphatic rings. The molecule has 2 atom stereocenters. The molecule has 19 heavy (non-hydrogen) atoms. The molecule has 1 aromatic heterocycles. The van der Waals surface area contributed by atoms with E-state index in [9.17, 15) is 0 Å². The number of H-pyrrole nitrogens is 1. The molecule has 3 nitrogen and oxygen atoms in total. The monoisotopic (exact) mass is 253 g/mol. The number of fused-ring (bicyclic) bond motifs is 1. The van der Waals surface area contributed by atoms with Gasteiger partial charge in [-0.05, 0) is 6.07 Å². The van der Waals surface area contributed by atoms with Crippen LogP contribution in [0, 0.1) is 11.8 Å². The van der Waals surface area contributed by atoms with Crippen molar-refractivity contribution in [1.29, 1.82) is 0 Å². The van der Waals surface area contributed by atoms with E-state index in [1.807, 2.05) is 6.20 Å². The fourth-order valence-electron chi connectivity index (χ4n) is 2.46. The zero-order valence-corrected chi connectivity index (χ0v) is 11.6. The molecule has 3 rings (SSSR count). The summed E-state index contributed by atoms with van der Waals surface area (Å²) in [6.07, 6.45) is 12.6. The van der Waals surface area contributed by atoms with E-state index in [1.54, 1.807) is 0 Å². The molecule has 1 N–H and O–H groups in total. The Morgan fingerprint density at radius 2 is 1.89 bits per heavy atom. The smallest absolute Gasteiger partial charge is 0.107 e. The SMILES string of the molecule is CC(C)(C)c1cc(C2=NC=CC3C=CC=CC23)n[nH]1. The largest absolute Gasteiger partial charge is 0.281 e. The summed E-state index contributed by atoms with van der Waals surface area (Å²) >= 11 is 0. The van der Waals surface area contributed by atoms with E-state index in [4.69, 9.17) is 0 Å². The summed E-state index contributed by atoms with van der Waals surface area (Å²) in [7, 11) is 0. The van der Waals surface area contributed by atoms with Crippen molar-refractivity contribution in [2.24, 2.45) is 16.8 Å². The van der Waals surface area contributed by atoms with Gasteiger partial charge >= 0.3 is 0 Å². The number of hydrogen-bond acceptors (Lipinski definition) is 2. The molecular weight excluding hydrogens is 234 g/mol. The van der Waals surface area contributed by atoms with Gasteiger partial charge in [0.05, 0.1) is 5.71 Å². The van der Waals surface area contributed by atoms with Gasteiger partial charge in [-0.1, -0.05) is 51.2 Å². The van der Waals surface area contributed by atoms with E-state index in [2.05, 4.69) is 72.4 Å². The van der Waals surface area contributed by atoms with Crippen LogP contribution in [0.1, 0.15) is 32.2 Å². The van der Waals surface area contributed by atoms with E-state index >= 15 is 0 Å². The highest BCUT2D eigenvalue weighted by Crippen LogP contribution is 2.29. The van der Waals surface area contributed by atoms with Crippen molar-refractivity contribution in [3.8, 4) is 0 Å². The Labute approximate surface area is 113 Å². The Hall–Kier alpha value is -1.90. The molecule has 0 saturated heterocycles. The van der Waals surface area contributed by atoms with Crippen molar-refractivity contribution in [3.05, 3.63) is 54.0 Å². The minimum atomic E-state index is 0.0814. The number of rotatable bonds is 1. The quantitative estimate of drug-likeness (QED) is 0.819. The van der Waals surface area contributed by atoms with Crippen LogP contribution in [0.3, 0.4) is 0 Å². The minimum Gasteiger partial charge on any atom is -0.281 e. The number of aliphatic imine (C=N–C) groups is 1. The third-order valence-corrected chi connectivity index (χ3v) is 3.66. The summed E-state index contributed by atoms with van der Waals surface area (Å²) in [4.78, 5) is 4.55. The molecule has 0 aromatic carbocycles. The standard InChI is InChI=1S/C16H19N3/c1-16(2,3)14-10-13(18-19-14)15-12-7-5-4-6-11(12)8-9-17-15/h4-12H,1-3H3,(H,18,19). The van der Waals surface area contributed by atoms with Crippen molar-refractivity contribution in [2.45, 2.75) is 26.2 Å². The predicted molar refractivity (Wildman–Crippen MR) is 78.2 cm³/mol. The van der Waals surface area contributed by atoms with Crippen LogP contribution < -0.4 is 0 Å². The maximum absolute atomic E-state index is 4.55. The number of aromatic nitrogens is 2. The average Bonchev–Trinajstić information content (AvgIpc) is 2.87. The van der Waals surface area contributed by atoms with Gasteiger partial charge in [0, 0.05) is 29.1 Å². The lowest BCUT2D eigenvalue weighted by atomic mass is 9.82. The second-order valence-corrected chi connectivity index (χ2v) is 6.15. The third-order valence-electron chi connectivity index (χ3n) is 3.66. The number of aromatic amines is 1. The lowest BCUT2D eigenvalue weighted by Gasteiger charge is -2.24. The van der Waals surface area contributed by atoms with Gasteiger partial charge in [0.1, 0.15) is 5.69 Å². The van der Waals surface area contributed by atoms with Crippen LogP contribution in [0.2, 0.25) is 0 Å². The van der Waals surface area contributed by atoms with Crippen LogP contribution in [-0.2, 0) is 5.41 Å². The molecule has 2 heterocycles. The molecule has 0 saturated carbocycles. The van der Waals surface area contributed by atoms with Crippen LogP contribution in [0.15, 0.2) is 47.6 Å². The van der Waals surface area contributed by atoms with Crippen LogP contribution in [0.5, 0.6) is 0 Å². The molecule has 2 unspecified atom stereocenters. The number of allylic oxidation sites excluding steroid dienone is 5. The van der Waals surface area contributed by atoms with Crippen molar-refractivity contribution in [1.82, 2.24) is 10.2 Å². The first-order valence-corrected chi connectivity index (χ1v) is 6.71. The Balaban J connectivity index is 1.96. The molecule has 0 amide bonds. The fourth-order valence-corrected chi connectivity index (χ4v) is 2.46. The summed E-state index contributed by atoms with van der Waals surface area (Å²) in [5, 5.41) is 7.59. The Kier molecular flexibility index (Phi) is 2.77. The van der Waals surface area contributed by atoms with Crippen LogP contribution >= 0.6 is 0 Å². The maximum Gasteiger partial charge on any atom is 0.107 e. The maximum atomic E-state index is 4.55. The zero-order chi connectivity index (χ0) is 13.5. The Bertz CT molecular complexity index is 594. The van der Waals surface area contributed by atoms with Gasteiger partial charge < -0.3 is 0 Å². The lowest BCUT2D eigenvalue weighted by molar-refractivity contribution is 0.567. The zero-order valence-electron chi connectivity index (χ0n) is 11.6. The normalized spacial score (nSPS) is 25.3. The van der Waals surface area contributed by atoms with Gasteiger partial charge in [-0.15, -0.1) is 0 Å². The highest BCUT2D eigenvalue weighted by molar-refractivity contribution is 6.03. The van der Waals surface area contributed by atoms with Gasteiger partial charge in [-0.3, -0.25) is 10.1 Å². The predicted octanol–water partition coefficient (Wildman–Crippen LogP) is 3.38. The van der Waals surface area contributed by atoms with E-state index in [1.165, 1.54) is 0 Å².